The van der Waals surface area contributed by atoms with Crippen LogP contribution in [0.3, 0.4) is 0 Å². The number of fused-ring (bicyclic) bond motifs is 1. The number of imidazole rings is 1. The van der Waals surface area contributed by atoms with Crippen LogP contribution in [-0.2, 0) is 16.1 Å². The van der Waals surface area contributed by atoms with Crippen molar-refractivity contribution < 1.29 is 9.59 Å². The van der Waals surface area contributed by atoms with Crippen molar-refractivity contribution in [2.24, 2.45) is 0 Å². The number of H-pyrrole nitrogens is 1. The number of hydrogen-bond donors (Lipinski definition) is 2. The first-order valence-electron chi connectivity index (χ1n) is 12.5. The van der Waals surface area contributed by atoms with Crippen molar-refractivity contribution in [3.63, 3.8) is 0 Å². The Morgan fingerprint density at radius 3 is 2.61 bits per heavy atom. The summed E-state index contributed by atoms with van der Waals surface area (Å²) in [6, 6.07) is 17.3. The summed E-state index contributed by atoms with van der Waals surface area (Å²) in [7, 11) is 0. The number of aryl methyl sites for hydroxylation is 1. The van der Waals surface area contributed by atoms with Crippen molar-refractivity contribution in [1.82, 2.24) is 19.9 Å². The number of para-hydroxylation sites is 1. The molecule has 1 amide bonds. The van der Waals surface area contributed by atoms with Crippen molar-refractivity contribution in [1.29, 1.82) is 0 Å². The number of aromatic nitrogens is 3. The molecule has 0 radical (unpaired) electrons. The van der Waals surface area contributed by atoms with Crippen molar-refractivity contribution in [2.75, 3.05) is 0 Å². The summed E-state index contributed by atoms with van der Waals surface area (Å²) in [4.78, 5) is 44.9. The van der Waals surface area contributed by atoms with E-state index in [2.05, 4.69) is 15.3 Å². The van der Waals surface area contributed by atoms with Gasteiger partial charge in [-0.1, -0.05) is 73.6 Å². The zero-order valence-corrected chi connectivity index (χ0v) is 21.4. The molecule has 8 heteroatoms. The minimum absolute atomic E-state index is 0.0549. The minimum atomic E-state index is -0.271. The fraction of sp³-hybridized carbons (Fsp3) is 0.357. The maximum atomic E-state index is 13.0. The Hall–Kier alpha value is -3.52. The molecule has 2 N–H and O–H groups in total. The van der Waals surface area contributed by atoms with Gasteiger partial charge in [0.05, 0.1) is 28.1 Å². The number of ketones is 1. The standard InChI is InChI=1S/C28H32N4O3S/c1-2-21(33)13-7-4-8-14-22(27-29-19-23(31-27)20-11-5-3-6-12-20)30-26(34)17-18-32-24-15-9-10-16-25(24)36-28(32)35/h3,5-6,9-12,15-16,19,22H,2,4,7-8,13-14,17-18H2,1H3,(H,29,31)(H,30,34)/t22-/m0/s1. The molecule has 0 aliphatic rings. The molecule has 1 atom stereocenters. The van der Waals surface area contributed by atoms with E-state index >= 15 is 0 Å². The first-order chi connectivity index (χ1) is 17.5. The summed E-state index contributed by atoms with van der Waals surface area (Å²) in [5, 5.41) is 3.13. The van der Waals surface area contributed by atoms with Crippen LogP contribution in [-0.4, -0.2) is 26.2 Å². The lowest BCUT2D eigenvalue weighted by atomic mass is 10.0. The van der Waals surface area contributed by atoms with Crippen LogP contribution >= 0.6 is 11.3 Å². The lowest BCUT2D eigenvalue weighted by molar-refractivity contribution is -0.122. The van der Waals surface area contributed by atoms with Crippen molar-refractivity contribution >= 4 is 33.2 Å². The fourth-order valence-corrected chi connectivity index (χ4v) is 5.20. The van der Waals surface area contributed by atoms with E-state index in [4.69, 9.17) is 0 Å². The Balaban J connectivity index is 1.41. The van der Waals surface area contributed by atoms with E-state index in [1.165, 1.54) is 11.3 Å². The van der Waals surface area contributed by atoms with Crippen LogP contribution in [0.25, 0.3) is 21.5 Å². The lowest BCUT2D eigenvalue weighted by Crippen LogP contribution is -2.30. The van der Waals surface area contributed by atoms with Crippen molar-refractivity contribution in [2.45, 2.75) is 64.5 Å². The van der Waals surface area contributed by atoms with Gasteiger partial charge >= 0.3 is 4.87 Å². The molecule has 4 aromatic rings. The molecule has 2 heterocycles. The van der Waals surface area contributed by atoms with Crippen LogP contribution in [0.4, 0.5) is 0 Å². The largest absolute Gasteiger partial charge is 0.346 e. The van der Waals surface area contributed by atoms with Crippen LogP contribution < -0.4 is 10.2 Å². The summed E-state index contributed by atoms with van der Waals surface area (Å²) < 4.78 is 2.59. The average Bonchev–Trinajstić information content (AvgIpc) is 3.51. The Kier molecular flexibility index (Phi) is 8.84. The highest BCUT2D eigenvalue weighted by Gasteiger charge is 2.19. The number of Topliss-reactive ketones (excluding diaryl/α,β-unsaturated/α-hetero) is 1. The predicted molar refractivity (Wildman–Crippen MR) is 144 cm³/mol. The first kappa shape index (κ1) is 25.6. The normalized spacial score (nSPS) is 12.0. The molecule has 0 fully saturated rings. The summed E-state index contributed by atoms with van der Waals surface area (Å²) >= 11 is 1.20. The maximum absolute atomic E-state index is 13.0. The molecule has 7 nitrogen and oxygen atoms in total. The number of hydrogen-bond acceptors (Lipinski definition) is 5. The van der Waals surface area contributed by atoms with Crippen LogP contribution in [0.15, 0.2) is 65.6 Å². The van der Waals surface area contributed by atoms with E-state index in [0.717, 1.165) is 47.2 Å². The number of carbonyl (C=O) groups excluding carboxylic acids is 2. The monoisotopic (exact) mass is 504 g/mol. The molecule has 0 spiro atoms. The number of carbonyl (C=O) groups is 2. The number of thiazole rings is 1. The maximum Gasteiger partial charge on any atom is 0.308 e. The Labute approximate surface area is 214 Å². The third kappa shape index (κ3) is 6.57. The highest BCUT2D eigenvalue weighted by molar-refractivity contribution is 7.16. The van der Waals surface area contributed by atoms with Gasteiger partial charge in [-0.3, -0.25) is 19.0 Å². The zero-order chi connectivity index (χ0) is 25.3. The van der Waals surface area contributed by atoms with Crippen LogP contribution in [0.5, 0.6) is 0 Å². The van der Waals surface area contributed by atoms with E-state index in [0.29, 0.717) is 25.2 Å². The van der Waals surface area contributed by atoms with E-state index in [1.807, 2.05) is 61.5 Å². The number of benzene rings is 2. The summed E-state index contributed by atoms with van der Waals surface area (Å²) in [6.07, 6.45) is 6.55. The summed E-state index contributed by atoms with van der Waals surface area (Å²) in [5.74, 6) is 0.876. The number of amides is 1. The van der Waals surface area contributed by atoms with E-state index in [9.17, 15) is 14.4 Å². The van der Waals surface area contributed by atoms with Crippen LogP contribution in [0, 0.1) is 0 Å². The molecule has 0 saturated carbocycles. The van der Waals surface area contributed by atoms with Gasteiger partial charge in [0.15, 0.2) is 0 Å². The Bertz CT molecular complexity index is 1360. The molecule has 0 unspecified atom stereocenters. The fourth-order valence-electron chi connectivity index (χ4n) is 4.29. The molecule has 188 valence electrons. The predicted octanol–water partition coefficient (Wildman–Crippen LogP) is 5.63. The van der Waals surface area contributed by atoms with Crippen molar-refractivity contribution in [3.8, 4) is 11.3 Å². The molecular weight excluding hydrogens is 472 g/mol. The Morgan fingerprint density at radius 1 is 1.03 bits per heavy atom. The minimum Gasteiger partial charge on any atom is -0.346 e. The van der Waals surface area contributed by atoms with Gasteiger partial charge in [-0.15, -0.1) is 0 Å². The molecule has 0 saturated heterocycles. The van der Waals surface area contributed by atoms with Gasteiger partial charge in [0, 0.05) is 25.8 Å². The number of unbranched alkanes of at least 4 members (excludes halogenated alkanes) is 2. The second-order valence-corrected chi connectivity index (χ2v) is 9.89. The zero-order valence-electron chi connectivity index (χ0n) is 20.5. The van der Waals surface area contributed by atoms with E-state index in [-0.39, 0.29) is 29.0 Å². The van der Waals surface area contributed by atoms with E-state index in [1.54, 1.807) is 10.8 Å². The van der Waals surface area contributed by atoms with Crippen LogP contribution in [0.1, 0.15) is 63.7 Å². The molecule has 2 aromatic heterocycles. The third-order valence-electron chi connectivity index (χ3n) is 6.32. The van der Waals surface area contributed by atoms with Gasteiger partial charge in [-0.2, -0.15) is 0 Å². The summed E-state index contributed by atoms with van der Waals surface area (Å²) in [5.41, 5.74) is 2.79. The number of nitrogens with one attached hydrogen (secondary N) is 2. The first-order valence-corrected chi connectivity index (χ1v) is 13.4. The smallest absolute Gasteiger partial charge is 0.308 e. The number of aromatic amines is 1. The Morgan fingerprint density at radius 2 is 1.81 bits per heavy atom. The molecule has 0 bridgehead atoms. The number of rotatable bonds is 13. The quantitative estimate of drug-likeness (QED) is 0.231. The third-order valence-corrected chi connectivity index (χ3v) is 7.28. The van der Waals surface area contributed by atoms with Gasteiger partial charge in [0.2, 0.25) is 5.91 Å². The second-order valence-electron chi connectivity index (χ2n) is 8.90. The van der Waals surface area contributed by atoms with Crippen molar-refractivity contribution in [3.05, 3.63) is 76.3 Å². The van der Waals surface area contributed by atoms with E-state index < -0.39 is 0 Å². The molecule has 0 aliphatic carbocycles. The van der Waals surface area contributed by atoms with Gasteiger partial charge in [0.1, 0.15) is 11.6 Å². The van der Waals surface area contributed by atoms with Gasteiger partial charge < -0.3 is 10.3 Å². The number of nitrogens with zero attached hydrogens (tertiary/aromatic N) is 2. The highest BCUT2D eigenvalue weighted by atomic mass is 32.1. The average molecular weight is 505 g/mol. The van der Waals surface area contributed by atoms with Gasteiger partial charge in [-0.25, -0.2) is 4.98 Å². The van der Waals surface area contributed by atoms with Gasteiger partial charge in [0.25, 0.3) is 0 Å². The molecular formula is C28H32N4O3S. The second kappa shape index (κ2) is 12.4. The molecule has 0 aliphatic heterocycles. The molecule has 4 rings (SSSR count). The molecule has 36 heavy (non-hydrogen) atoms. The lowest BCUT2D eigenvalue weighted by Gasteiger charge is -2.17. The summed E-state index contributed by atoms with van der Waals surface area (Å²) in [6.45, 7) is 2.22. The van der Waals surface area contributed by atoms with Gasteiger partial charge in [-0.05, 0) is 30.5 Å². The molecule has 2 aromatic carbocycles. The topological polar surface area (TPSA) is 96.8 Å². The van der Waals surface area contributed by atoms with Crippen LogP contribution in [0.2, 0.25) is 0 Å². The SMILES string of the molecule is CCC(=O)CCCCC[C@H](NC(=O)CCn1c(=O)sc2ccccc21)c1ncc(-c2ccccc2)[nH]1. The highest BCUT2D eigenvalue weighted by Crippen LogP contribution is 2.23.